The van der Waals surface area contributed by atoms with Crippen LogP contribution in [0.25, 0.3) is 10.8 Å². The SMILES string of the molecule is CN(C1CCC1)C(CN)c1cncc2ccccc12. The van der Waals surface area contributed by atoms with Gasteiger partial charge in [0.05, 0.1) is 0 Å². The van der Waals surface area contributed by atoms with E-state index in [9.17, 15) is 0 Å². The van der Waals surface area contributed by atoms with E-state index in [-0.39, 0.29) is 6.04 Å². The van der Waals surface area contributed by atoms with E-state index < -0.39 is 0 Å². The monoisotopic (exact) mass is 255 g/mol. The molecule has 1 atom stereocenters. The number of pyridine rings is 1. The molecule has 3 heteroatoms. The number of nitrogens with two attached hydrogens (primary N) is 1. The number of nitrogens with zero attached hydrogens (tertiary/aromatic N) is 2. The Hall–Kier alpha value is -1.45. The van der Waals surface area contributed by atoms with Crippen molar-refractivity contribution in [2.45, 2.75) is 31.3 Å². The summed E-state index contributed by atoms with van der Waals surface area (Å²) in [6.45, 7) is 0.642. The lowest BCUT2D eigenvalue weighted by atomic mass is 9.89. The summed E-state index contributed by atoms with van der Waals surface area (Å²) in [7, 11) is 2.20. The van der Waals surface area contributed by atoms with E-state index in [4.69, 9.17) is 5.73 Å². The van der Waals surface area contributed by atoms with Gasteiger partial charge in [-0.25, -0.2) is 0 Å². The lowest BCUT2D eigenvalue weighted by molar-refractivity contribution is 0.114. The zero-order valence-corrected chi connectivity index (χ0v) is 11.4. The molecule has 0 spiro atoms. The molecule has 3 nitrogen and oxygen atoms in total. The molecule has 1 heterocycles. The molecule has 1 aliphatic rings. The standard InChI is InChI=1S/C16H21N3/c1-19(13-6-4-7-13)16(9-17)15-11-18-10-12-5-2-3-8-14(12)15/h2-3,5,8,10-11,13,16H,4,6-7,9,17H2,1H3. The van der Waals surface area contributed by atoms with Crippen LogP contribution in [0.2, 0.25) is 0 Å². The summed E-state index contributed by atoms with van der Waals surface area (Å²) in [6, 6.07) is 9.38. The van der Waals surface area contributed by atoms with Crippen LogP contribution in [-0.4, -0.2) is 29.5 Å². The fraction of sp³-hybridized carbons (Fsp3) is 0.438. The van der Waals surface area contributed by atoms with Crippen LogP contribution in [0.5, 0.6) is 0 Å². The van der Waals surface area contributed by atoms with E-state index in [1.807, 2.05) is 12.4 Å². The van der Waals surface area contributed by atoms with Crippen LogP contribution in [0.3, 0.4) is 0 Å². The van der Waals surface area contributed by atoms with Crippen molar-refractivity contribution in [2.24, 2.45) is 5.73 Å². The Balaban J connectivity index is 2.00. The van der Waals surface area contributed by atoms with Gasteiger partial charge in [-0.15, -0.1) is 0 Å². The van der Waals surface area contributed by atoms with Gasteiger partial charge in [-0.1, -0.05) is 30.7 Å². The van der Waals surface area contributed by atoms with E-state index >= 15 is 0 Å². The Bertz CT molecular complexity index is 557. The topological polar surface area (TPSA) is 42.1 Å². The molecule has 0 aliphatic heterocycles. The van der Waals surface area contributed by atoms with Crippen molar-refractivity contribution >= 4 is 10.8 Å². The van der Waals surface area contributed by atoms with Gasteiger partial charge >= 0.3 is 0 Å². The predicted octanol–water partition coefficient (Wildman–Crippen LogP) is 2.72. The zero-order valence-electron chi connectivity index (χ0n) is 11.4. The van der Waals surface area contributed by atoms with Crippen molar-refractivity contribution in [3.05, 3.63) is 42.2 Å². The molecule has 1 aliphatic carbocycles. The lowest BCUT2D eigenvalue weighted by Crippen LogP contribution is -2.42. The lowest BCUT2D eigenvalue weighted by Gasteiger charge is -2.40. The summed E-state index contributed by atoms with van der Waals surface area (Å²) in [4.78, 5) is 6.82. The van der Waals surface area contributed by atoms with Gasteiger partial charge in [-0.2, -0.15) is 0 Å². The minimum atomic E-state index is 0.268. The molecule has 3 rings (SSSR count). The first-order valence-electron chi connectivity index (χ1n) is 7.06. The molecule has 1 fully saturated rings. The Morgan fingerprint density at radius 1 is 1.32 bits per heavy atom. The first-order chi connectivity index (χ1) is 9.31. The van der Waals surface area contributed by atoms with Gasteiger partial charge in [0.25, 0.3) is 0 Å². The minimum absolute atomic E-state index is 0.268. The summed E-state index contributed by atoms with van der Waals surface area (Å²) in [5, 5.41) is 2.47. The molecule has 0 saturated heterocycles. The molecule has 0 amide bonds. The first-order valence-corrected chi connectivity index (χ1v) is 7.06. The molecule has 2 N–H and O–H groups in total. The highest BCUT2D eigenvalue weighted by atomic mass is 15.2. The van der Waals surface area contributed by atoms with Crippen molar-refractivity contribution in [3.63, 3.8) is 0 Å². The molecule has 1 saturated carbocycles. The molecule has 1 aromatic heterocycles. The normalized spacial score (nSPS) is 17.6. The van der Waals surface area contributed by atoms with Crippen LogP contribution >= 0.6 is 0 Å². The smallest absolute Gasteiger partial charge is 0.0491 e. The van der Waals surface area contributed by atoms with Crippen molar-refractivity contribution in [3.8, 4) is 0 Å². The summed E-state index contributed by atoms with van der Waals surface area (Å²) < 4.78 is 0. The van der Waals surface area contributed by atoms with Crippen LogP contribution in [0, 0.1) is 0 Å². The molecular formula is C16H21N3. The van der Waals surface area contributed by atoms with Crippen LogP contribution in [0.1, 0.15) is 30.9 Å². The van der Waals surface area contributed by atoms with E-state index in [0.717, 1.165) is 0 Å². The van der Waals surface area contributed by atoms with Gasteiger partial charge in [0.1, 0.15) is 0 Å². The van der Waals surface area contributed by atoms with E-state index in [2.05, 4.69) is 41.2 Å². The highest BCUT2D eigenvalue weighted by Crippen LogP contribution is 2.32. The number of aromatic nitrogens is 1. The number of rotatable bonds is 4. The fourth-order valence-corrected chi connectivity index (χ4v) is 2.97. The molecule has 100 valence electrons. The molecular weight excluding hydrogens is 234 g/mol. The molecule has 2 aromatic rings. The highest BCUT2D eigenvalue weighted by Gasteiger charge is 2.28. The third-order valence-corrected chi connectivity index (χ3v) is 4.42. The maximum atomic E-state index is 6.04. The third kappa shape index (κ3) is 2.24. The highest BCUT2D eigenvalue weighted by molar-refractivity contribution is 5.85. The third-order valence-electron chi connectivity index (χ3n) is 4.42. The van der Waals surface area contributed by atoms with Crippen LogP contribution in [0.15, 0.2) is 36.7 Å². The second-order valence-corrected chi connectivity index (χ2v) is 5.45. The maximum Gasteiger partial charge on any atom is 0.0491 e. The van der Waals surface area contributed by atoms with Gasteiger partial charge in [0.15, 0.2) is 0 Å². The van der Waals surface area contributed by atoms with Gasteiger partial charge in [-0.3, -0.25) is 9.88 Å². The Kier molecular flexibility index (Phi) is 3.49. The molecule has 1 aromatic carbocycles. The van der Waals surface area contributed by atoms with Crippen molar-refractivity contribution in [1.29, 1.82) is 0 Å². The first kappa shape index (κ1) is 12.6. The zero-order chi connectivity index (χ0) is 13.2. The number of hydrogen-bond acceptors (Lipinski definition) is 3. The summed E-state index contributed by atoms with van der Waals surface area (Å²) >= 11 is 0. The predicted molar refractivity (Wildman–Crippen MR) is 78.9 cm³/mol. The quantitative estimate of drug-likeness (QED) is 0.913. The maximum absolute atomic E-state index is 6.04. The average Bonchev–Trinajstić information content (AvgIpc) is 2.38. The Labute approximate surface area is 114 Å². The van der Waals surface area contributed by atoms with Crippen molar-refractivity contribution < 1.29 is 0 Å². The second kappa shape index (κ2) is 5.27. The van der Waals surface area contributed by atoms with Crippen molar-refractivity contribution in [2.75, 3.05) is 13.6 Å². The van der Waals surface area contributed by atoms with Crippen molar-refractivity contribution in [1.82, 2.24) is 9.88 Å². The Morgan fingerprint density at radius 2 is 2.11 bits per heavy atom. The van der Waals surface area contributed by atoms with Gasteiger partial charge in [0, 0.05) is 36.4 Å². The van der Waals surface area contributed by atoms with Crippen LogP contribution in [-0.2, 0) is 0 Å². The number of benzene rings is 1. The Morgan fingerprint density at radius 3 is 2.79 bits per heavy atom. The van der Waals surface area contributed by atoms with Crippen LogP contribution < -0.4 is 5.73 Å². The number of hydrogen-bond donors (Lipinski definition) is 1. The minimum Gasteiger partial charge on any atom is -0.329 e. The van der Waals surface area contributed by atoms with E-state index in [1.54, 1.807) is 0 Å². The fourth-order valence-electron chi connectivity index (χ4n) is 2.97. The second-order valence-electron chi connectivity index (χ2n) is 5.45. The number of fused-ring (bicyclic) bond motifs is 1. The molecule has 19 heavy (non-hydrogen) atoms. The van der Waals surface area contributed by atoms with Gasteiger partial charge < -0.3 is 5.73 Å². The van der Waals surface area contributed by atoms with E-state index in [0.29, 0.717) is 12.6 Å². The number of likely N-dealkylation sites (N-methyl/N-ethyl adjacent to an activating group) is 1. The van der Waals surface area contributed by atoms with Gasteiger partial charge in [-0.05, 0) is 30.8 Å². The molecule has 1 unspecified atom stereocenters. The average molecular weight is 255 g/mol. The van der Waals surface area contributed by atoms with E-state index in [1.165, 1.54) is 35.6 Å². The van der Waals surface area contributed by atoms with Gasteiger partial charge in [0.2, 0.25) is 0 Å². The summed E-state index contributed by atoms with van der Waals surface area (Å²) in [5.74, 6) is 0. The molecule has 0 radical (unpaired) electrons. The van der Waals surface area contributed by atoms with Crippen LogP contribution in [0.4, 0.5) is 0 Å². The largest absolute Gasteiger partial charge is 0.329 e. The summed E-state index contributed by atoms with van der Waals surface area (Å²) in [5.41, 5.74) is 7.30. The summed E-state index contributed by atoms with van der Waals surface area (Å²) in [6.07, 6.45) is 7.85. The molecule has 0 bridgehead atoms.